The summed E-state index contributed by atoms with van der Waals surface area (Å²) < 4.78 is 5.90. The molecule has 0 bridgehead atoms. The summed E-state index contributed by atoms with van der Waals surface area (Å²) >= 11 is 0. The Morgan fingerprint density at radius 3 is 2.33 bits per heavy atom. The van der Waals surface area contributed by atoms with Gasteiger partial charge in [-0.05, 0) is 82.3 Å². The first kappa shape index (κ1) is 25.2. The Balaban J connectivity index is 1.81. The lowest BCUT2D eigenvalue weighted by molar-refractivity contribution is -0.151. The minimum atomic E-state index is -1.12. The number of hydrogen-bond donors (Lipinski definition) is 2. The zero-order valence-corrected chi connectivity index (χ0v) is 21.2. The lowest BCUT2D eigenvalue weighted by Crippen LogP contribution is -2.52. The average Bonchev–Trinajstić information content (AvgIpc) is 3.26. The number of amides is 3. The predicted molar refractivity (Wildman–Crippen MR) is 138 cm³/mol. The molecule has 188 valence electrons. The van der Waals surface area contributed by atoms with E-state index in [1.807, 2.05) is 51.1 Å². The quantitative estimate of drug-likeness (QED) is 0.491. The molecule has 3 aromatic rings. The van der Waals surface area contributed by atoms with Crippen molar-refractivity contribution in [2.75, 3.05) is 5.32 Å². The molecule has 0 unspecified atom stereocenters. The Labute approximate surface area is 211 Å². The molecule has 36 heavy (non-hydrogen) atoms. The second-order valence-electron chi connectivity index (χ2n) is 10.2. The van der Waals surface area contributed by atoms with Gasteiger partial charge in [0.1, 0.15) is 11.5 Å². The number of anilines is 1. The third-order valence-corrected chi connectivity index (χ3v) is 6.19. The molecular formula is C29H33N3O4. The van der Waals surface area contributed by atoms with Crippen molar-refractivity contribution in [2.45, 2.75) is 64.6 Å². The second kappa shape index (κ2) is 10.4. The van der Waals surface area contributed by atoms with Crippen LogP contribution in [0.4, 0.5) is 5.69 Å². The van der Waals surface area contributed by atoms with Gasteiger partial charge in [0.05, 0.1) is 6.04 Å². The third kappa shape index (κ3) is 5.67. The normalized spacial score (nSPS) is 15.9. The van der Waals surface area contributed by atoms with Crippen LogP contribution in [0.2, 0.25) is 0 Å². The third-order valence-electron chi connectivity index (χ3n) is 6.19. The van der Waals surface area contributed by atoms with E-state index in [1.165, 1.54) is 4.90 Å². The first-order valence-corrected chi connectivity index (χ1v) is 12.3. The van der Waals surface area contributed by atoms with Crippen molar-refractivity contribution in [1.82, 2.24) is 10.2 Å². The Hall–Kier alpha value is -3.87. The highest BCUT2D eigenvalue weighted by Gasteiger charge is 2.43. The van der Waals surface area contributed by atoms with Crippen LogP contribution in [-0.4, -0.2) is 28.2 Å². The molecule has 1 aliphatic carbocycles. The molecule has 0 spiro atoms. The molecule has 0 saturated heterocycles. The van der Waals surface area contributed by atoms with Gasteiger partial charge in [0, 0.05) is 11.2 Å². The minimum absolute atomic E-state index is 0.318. The summed E-state index contributed by atoms with van der Waals surface area (Å²) in [5, 5.41) is 5.68. The molecular weight excluding hydrogens is 454 g/mol. The molecule has 0 fully saturated rings. The van der Waals surface area contributed by atoms with Gasteiger partial charge in [0.2, 0.25) is 0 Å². The summed E-state index contributed by atoms with van der Waals surface area (Å²) in [5.41, 5.74) is 2.01. The van der Waals surface area contributed by atoms with Crippen molar-refractivity contribution < 1.29 is 18.8 Å². The molecule has 1 aromatic heterocycles. The smallest absolute Gasteiger partial charge is 0.313 e. The van der Waals surface area contributed by atoms with Gasteiger partial charge in [0.15, 0.2) is 6.04 Å². The highest BCUT2D eigenvalue weighted by molar-refractivity contribution is 6.40. The van der Waals surface area contributed by atoms with E-state index in [9.17, 15) is 14.4 Å². The molecule has 2 aromatic carbocycles. The van der Waals surface area contributed by atoms with Gasteiger partial charge in [-0.25, -0.2) is 0 Å². The van der Waals surface area contributed by atoms with Gasteiger partial charge in [-0.3, -0.25) is 14.4 Å². The van der Waals surface area contributed by atoms with Crippen molar-refractivity contribution in [2.24, 2.45) is 0 Å². The number of nitrogens with zero attached hydrogens (tertiary/aromatic N) is 1. The number of benzene rings is 2. The fraction of sp³-hybridized carbons (Fsp3) is 0.345. The van der Waals surface area contributed by atoms with Crippen molar-refractivity contribution in [3.8, 4) is 0 Å². The number of hydrogen-bond acceptors (Lipinski definition) is 4. The molecule has 0 radical (unpaired) electrons. The van der Waals surface area contributed by atoms with E-state index in [0.717, 1.165) is 24.0 Å². The van der Waals surface area contributed by atoms with Gasteiger partial charge in [0.25, 0.3) is 5.91 Å². The van der Waals surface area contributed by atoms with E-state index >= 15 is 0 Å². The van der Waals surface area contributed by atoms with Crippen molar-refractivity contribution in [3.63, 3.8) is 0 Å². The average molecular weight is 488 g/mol. The van der Waals surface area contributed by atoms with Gasteiger partial charge in [-0.2, -0.15) is 0 Å². The number of furan rings is 1. The van der Waals surface area contributed by atoms with Crippen LogP contribution >= 0.6 is 0 Å². The van der Waals surface area contributed by atoms with Crippen LogP contribution in [0.3, 0.4) is 0 Å². The number of carbonyl (C=O) groups is 3. The Bertz CT molecular complexity index is 1240. The summed E-state index contributed by atoms with van der Waals surface area (Å²) in [6.07, 6.45) is 2.33. The van der Waals surface area contributed by atoms with E-state index in [4.69, 9.17) is 4.42 Å². The van der Waals surface area contributed by atoms with E-state index in [-0.39, 0.29) is 0 Å². The highest BCUT2D eigenvalue weighted by atomic mass is 16.3. The number of rotatable bonds is 5. The molecule has 1 heterocycles. The van der Waals surface area contributed by atoms with Gasteiger partial charge in [-0.1, -0.05) is 42.5 Å². The van der Waals surface area contributed by atoms with Gasteiger partial charge >= 0.3 is 11.8 Å². The van der Waals surface area contributed by atoms with Crippen LogP contribution in [0.5, 0.6) is 0 Å². The first-order chi connectivity index (χ1) is 17.1. The van der Waals surface area contributed by atoms with Crippen LogP contribution in [0.25, 0.3) is 0 Å². The maximum Gasteiger partial charge on any atom is 0.313 e. The van der Waals surface area contributed by atoms with Crippen molar-refractivity contribution in [3.05, 3.63) is 89.4 Å². The number of nitrogens with one attached hydrogen (secondary N) is 2. The second-order valence-corrected chi connectivity index (χ2v) is 10.2. The monoisotopic (exact) mass is 487 g/mol. The molecule has 1 aliphatic rings. The minimum Gasteiger partial charge on any atom is -0.464 e. The molecule has 3 amide bonds. The standard InChI is InChI=1S/C29H33N3O4/c1-19-17-18-24(36-19)25(26(33)31-29(2,3)4)32(23-16-10-12-20-11-8-9-15-22(20)23)28(35)27(34)30-21-13-6-5-7-14-21/h5-9,11,13-15,17-18,23,25H,10,12,16H2,1-4H3,(H,30,34)(H,31,33)/t23-,25+/m1/s1. The van der Waals surface area contributed by atoms with E-state index in [1.54, 1.807) is 43.3 Å². The van der Waals surface area contributed by atoms with Gasteiger partial charge < -0.3 is 20.0 Å². The fourth-order valence-electron chi connectivity index (χ4n) is 4.71. The maximum atomic E-state index is 13.9. The fourth-order valence-corrected chi connectivity index (χ4v) is 4.71. The van der Waals surface area contributed by atoms with Crippen LogP contribution in [0.15, 0.2) is 71.1 Å². The van der Waals surface area contributed by atoms with Crippen LogP contribution in [0.1, 0.15) is 68.3 Å². The maximum absolute atomic E-state index is 13.9. The summed E-state index contributed by atoms with van der Waals surface area (Å²) in [5.74, 6) is -1.06. The van der Waals surface area contributed by atoms with Crippen LogP contribution in [-0.2, 0) is 20.8 Å². The van der Waals surface area contributed by atoms with E-state index in [0.29, 0.717) is 23.6 Å². The Morgan fingerprint density at radius 2 is 1.67 bits per heavy atom. The van der Waals surface area contributed by atoms with Crippen LogP contribution < -0.4 is 10.6 Å². The summed E-state index contributed by atoms with van der Waals surface area (Å²) in [4.78, 5) is 42.4. The Kier molecular flexibility index (Phi) is 7.29. The number of para-hydroxylation sites is 1. The largest absolute Gasteiger partial charge is 0.464 e. The topological polar surface area (TPSA) is 91.7 Å². The zero-order valence-electron chi connectivity index (χ0n) is 21.2. The van der Waals surface area contributed by atoms with Crippen molar-refractivity contribution in [1.29, 1.82) is 0 Å². The lowest BCUT2D eigenvalue weighted by Gasteiger charge is -2.40. The molecule has 4 rings (SSSR count). The van der Waals surface area contributed by atoms with E-state index in [2.05, 4.69) is 10.6 Å². The number of carbonyl (C=O) groups excluding carboxylic acids is 3. The van der Waals surface area contributed by atoms with Crippen molar-refractivity contribution >= 4 is 23.4 Å². The summed E-state index contributed by atoms with van der Waals surface area (Å²) in [7, 11) is 0. The molecule has 7 heteroatoms. The Morgan fingerprint density at radius 1 is 0.972 bits per heavy atom. The van der Waals surface area contributed by atoms with Gasteiger partial charge in [-0.15, -0.1) is 0 Å². The molecule has 0 aliphatic heterocycles. The lowest BCUT2D eigenvalue weighted by atomic mass is 9.85. The van der Waals surface area contributed by atoms with Crippen LogP contribution in [0, 0.1) is 6.92 Å². The first-order valence-electron chi connectivity index (χ1n) is 12.3. The molecule has 0 saturated carbocycles. The number of fused-ring (bicyclic) bond motifs is 1. The summed E-state index contributed by atoms with van der Waals surface area (Å²) in [6, 6.07) is 18.6. The SMILES string of the molecule is Cc1ccc([C@@H](C(=O)NC(C)(C)C)N(C(=O)C(=O)Nc2ccccc2)[C@@H]2CCCc3ccccc32)o1. The summed E-state index contributed by atoms with van der Waals surface area (Å²) in [6.45, 7) is 7.41. The highest BCUT2D eigenvalue weighted by Crippen LogP contribution is 2.40. The van der Waals surface area contributed by atoms with E-state index < -0.39 is 35.3 Å². The molecule has 2 atom stereocenters. The zero-order chi connectivity index (χ0) is 25.9. The number of aryl methyl sites for hydroxylation is 2. The molecule has 2 N–H and O–H groups in total. The molecule has 7 nitrogen and oxygen atoms in total. The predicted octanol–water partition coefficient (Wildman–Crippen LogP) is 5.09.